The summed E-state index contributed by atoms with van der Waals surface area (Å²) >= 11 is 0. The molecule has 3 aromatic heterocycles. The molecule has 0 aliphatic carbocycles. The van der Waals surface area contributed by atoms with Crippen molar-refractivity contribution >= 4 is 29.0 Å². The summed E-state index contributed by atoms with van der Waals surface area (Å²) in [4.78, 5) is 32.2. The molecule has 0 unspecified atom stereocenters. The van der Waals surface area contributed by atoms with Gasteiger partial charge in [-0.3, -0.25) is 4.79 Å². The van der Waals surface area contributed by atoms with E-state index in [0.717, 1.165) is 16.9 Å². The first-order chi connectivity index (χ1) is 14.1. The molecule has 0 spiro atoms. The first kappa shape index (κ1) is 18.7. The van der Waals surface area contributed by atoms with Crippen molar-refractivity contribution < 1.29 is 14.3 Å². The van der Waals surface area contributed by atoms with Crippen LogP contribution in [-0.2, 0) is 16.0 Å². The minimum absolute atomic E-state index is 0.120. The summed E-state index contributed by atoms with van der Waals surface area (Å²) in [6.45, 7) is 2.55. The first-order valence-corrected chi connectivity index (χ1v) is 9.39. The number of hydrogen-bond acceptors (Lipinski definition) is 6. The Balaban J connectivity index is 1.34. The molecule has 9 heteroatoms. The van der Waals surface area contributed by atoms with E-state index in [4.69, 9.17) is 4.74 Å². The Kier molecular flexibility index (Phi) is 5.28. The van der Waals surface area contributed by atoms with Gasteiger partial charge in [-0.25, -0.2) is 14.3 Å². The SMILES string of the molecule is COC(=O)N1CCN(c2ccc(NC(=O)Cc3cnn4ccccc34)cn2)CC1. The number of amides is 2. The van der Waals surface area contributed by atoms with E-state index in [2.05, 4.69) is 20.3 Å². The number of hydrogen-bond donors (Lipinski definition) is 1. The largest absolute Gasteiger partial charge is 0.453 e. The second-order valence-electron chi connectivity index (χ2n) is 6.77. The van der Waals surface area contributed by atoms with Crippen LogP contribution in [0.4, 0.5) is 16.3 Å². The number of carbonyl (C=O) groups is 2. The maximum atomic E-state index is 12.4. The van der Waals surface area contributed by atoms with Gasteiger partial charge in [-0.15, -0.1) is 0 Å². The standard InChI is InChI=1S/C20H22N6O3/c1-29-20(28)25-10-8-24(9-11-25)18-6-5-16(14-21-18)23-19(27)12-15-13-22-26-7-3-2-4-17(15)26/h2-7,13-14H,8-12H2,1H3,(H,23,27). The molecule has 1 saturated heterocycles. The third kappa shape index (κ3) is 4.13. The molecular weight excluding hydrogens is 372 g/mol. The molecule has 1 N–H and O–H groups in total. The van der Waals surface area contributed by atoms with Gasteiger partial charge in [-0.2, -0.15) is 5.10 Å². The summed E-state index contributed by atoms with van der Waals surface area (Å²) < 4.78 is 6.50. The van der Waals surface area contributed by atoms with Crippen LogP contribution < -0.4 is 10.2 Å². The lowest BCUT2D eigenvalue weighted by atomic mass is 10.2. The molecule has 4 rings (SSSR count). The Labute approximate surface area is 167 Å². The Morgan fingerprint density at radius 3 is 2.66 bits per heavy atom. The molecule has 1 fully saturated rings. The second kappa shape index (κ2) is 8.17. The van der Waals surface area contributed by atoms with Crippen molar-refractivity contribution in [3.8, 4) is 0 Å². The van der Waals surface area contributed by atoms with Gasteiger partial charge in [0.05, 0.1) is 37.1 Å². The number of nitrogens with one attached hydrogen (secondary N) is 1. The van der Waals surface area contributed by atoms with Crippen molar-refractivity contribution in [1.82, 2.24) is 19.5 Å². The number of nitrogens with zero attached hydrogens (tertiary/aromatic N) is 5. The van der Waals surface area contributed by atoms with Crippen molar-refractivity contribution in [2.24, 2.45) is 0 Å². The van der Waals surface area contributed by atoms with Crippen molar-refractivity contribution in [3.05, 3.63) is 54.5 Å². The number of carbonyl (C=O) groups excluding carboxylic acids is 2. The molecule has 1 aliphatic rings. The molecule has 0 aromatic carbocycles. The number of anilines is 2. The van der Waals surface area contributed by atoms with Crippen LogP contribution in [0.15, 0.2) is 48.9 Å². The quantitative estimate of drug-likeness (QED) is 0.726. The molecule has 0 saturated carbocycles. The van der Waals surface area contributed by atoms with E-state index in [0.29, 0.717) is 31.9 Å². The van der Waals surface area contributed by atoms with Gasteiger partial charge in [0, 0.05) is 37.9 Å². The Bertz CT molecular complexity index is 1010. The molecule has 0 radical (unpaired) electrons. The summed E-state index contributed by atoms with van der Waals surface area (Å²) in [6.07, 6.45) is 5.15. The van der Waals surface area contributed by atoms with E-state index in [9.17, 15) is 9.59 Å². The third-order valence-electron chi connectivity index (χ3n) is 4.93. The van der Waals surface area contributed by atoms with E-state index < -0.39 is 0 Å². The van der Waals surface area contributed by atoms with E-state index in [1.165, 1.54) is 7.11 Å². The smallest absolute Gasteiger partial charge is 0.409 e. The van der Waals surface area contributed by atoms with Gasteiger partial charge < -0.3 is 19.9 Å². The highest BCUT2D eigenvalue weighted by atomic mass is 16.5. The van der Waals surface area contributed by atoms with E-state index >= 15 is 0 Å². The van der Waals surface area contributed by atoms with Crippen molar-refractivity contribution in [2.75, 3.05) is 43.5 Å². The van der Waals surface area contributed by atoms with Crippen molar-refractivity contribution in [2.45, 2.75) is 6.42 Å². The van der Waals surface area contributed by atoms with E-state index in [1.807, 2.05) is 36.5 Å². The van der Waals surface area contributed by atoms with Crippen LogP contribution in [-0.4, -0.2) is 64.8 Å². The molecular formula is C20H22N6O3. The average molecular weight is 394 g/mol. The van der Waals surface area contributed by atoms with Gasteiger partial charge in [0.2, 0.25) is 5.91 Å². The van der Waals surface area contributed by atoms with Crippen molar-refractivity contribution in [1.29, 1.82) is 0 Å². The zero-order chi connectivity index (χ0) is 20.2. The van der Waals surface area contributed by atoms with Crippen LogP contribution in [0.1, 0.15) is 5.56 Å². The molecule has 2 amide bonds. The lowest BCUT2D eigenvalue weighted by molar-refractivity contribution is -0.115. The number of rotatable bonds is 4. The number of piperazine rings is 1. The molecule has 9 nitrogen and oxygen atoms in total. The Morgan fingerprint density at radius 1 is 1.10 bits per heavy atom. The van der Waals surface area contributed by atoms with Crippen LogP contribution in [0.2, 0.25) is 0 Å². The van der Waals surface area contributed by atoms with Gasteiger partial charge in [0.1, 0.15) is 5.82 Å². The fraction of sp³-hybridized carbons (Fsp3) is 0.300. The summed E-state index contributed by atoms with van der Waals surface area (Å²) in [5.74, 6) is 0.695. The number of aromatic nitrogens is 3. The molecule has 0 atom stereocenters. The lowest BCUT2D eigenvalue weighted by Gasteiger charge is -2.34. The van der Waals surface area contributed by atoms with Crippen LogP contribution in [0, 0.1) is 0 Å². The normalized spacial score (nSPS) is 14.1. The van der Waals surface area contributed by atoms with Crippen LogP contribution in [0.25, 0.3) is 5.52 Å². The summed E-state index contributed by atoms with van der Waals surface area (Å²) in [5.41, 5.74) is 2.43. The van der Waals surface area contributed by atoms with Crippen LogP contribution >= 0.6 is 0 Å². The monoisotopic (exact) mass is 394 g/mol. The number of methoxy groups -OCH3 is 1. The zero-order valence-electron chi connectivity index (χ0n) is 16.1. The van der Waals surface area contributed by atoms with Gasteiger partial charge in [0.15, 0.2) is 0 Å². The highest BCUT2D eigenvalue weighted by Crippen LogP contribution is 2.17. The third-order valence-corrected chi connectivity index (χ3v) is 4.93. The maximum absolute atomic E-state index is 12.4. The fourth-order valence-corrected chi connectivity index (χ4v) is 3.40. The van der Waals surface area contributed by atoms with E-state index in [1.54, 1.807) is 21.8 Å². The van der Waals surface area contributed by atoms with Gasteiger partial charge in [-0.1, -0.05) is 6.07 Å². The first-order valence-electron chi connectivity index (χ1n) is 9.39. The van der Waals surface area contributed by atoms with Gasteiger partial charge >= 0.3 is 6.09 Å². The number of ether oxygens (including phenoxy) is 1. The van der Waals surface area contributed by atoms with E-state index in [-0.39, 0.29) is 18.4 Å². The predicted molar refractivity (Wildman–Crippen MR) is 108 cm³/mol. The number of pyridine rings is 2. The minimum Gasteiger partial charge on any atom is -0.453 e. The minimum atomic E-state index is -0.304. The number of fused-ring (bicyclic) bond motifs is 1. The molecule has 3 aromatic rings. The Hall–Kier alpha value is -3.62. The average Bonchev–Trinajstić information content (AvgIpc) is 3.16. The van der Waals surface area contributed by atoms with Crippen LogP contribution in [0.5, 0.6) is 0 Å². The molecule has 1 aliphatic heterocycles. The van der Waals surface area contributed by atoms with Gasteiger partial charge in [-0.05, 0) is 24.3 Å². The Morgan fingerprint density at radius 2 is 1.93 bits per heavy atom. The highest BCUT2D eigenvalue weighted by Gasteiger charge is 2.22. The summed E-state index contributed by atoms with van der Waals surface area (Å²) in [6, 6.07) is 9.46. The van der Waals surface area contributed by atoms with Crippen LogP contribution in [0.3, 0.4) is 0 Å². The van der Waals surface area contributed by atoms with Crippen molar-refractivity contribution in [3.63, 3.8) is 0 Å². The topological polar surface area (TPSA) is 92.1 Å². The highest BCUT2D eigenvalue weighted by molar-refractivity contribution is 5.93. The van der Waals surface area contributed by atoms with Gasteiger partial charge in [0.25, 0.3) is 0 Å². The zero-order valence-corrected chi connectivity index (χ0v) is 16.1. The lowest BCUT2D eigenvalue weighted by Crippen LogP contribution is -2.49. The summed E-state index contributed by atoms with van der Waals surface area (Å²) in [7, 11) is 1.39. The second-order valence-corrected chi connectivity index (χ2v) is 6.77. The molecule has 0 bridgehead atoms. The fourth-order valence-electron chi connectivity index (χ4n) is 3.40. The summed E-state index contributed by atoms with van der Waals surface area (Å²) in [5, 5.41) is 7.13. The molecule has 150 valence electrons. The predicted octanol–water partition coefficient (Wildman–Crippen LogP) is 1.80. The maximum Gasteiger partial charge on any atom is 0.409 e. The molecule has 4 heterocycles. The molecule has 29 heavy (non-hydrogen) atoms.